The molecule has 0 aliphatic carbocycles. The molecule has 0 spiro atoms. The number of hydrogen-bond acceptors (Lipinski definition) is 3. The molecule has 1 atom stereocenters. The third-order valence-corrected chi connectivity index (χ3v) is 3.19. The minimum atomic E-state index is -0.453. The van der Waals surface area contributed by atoms with E-state index < -0.39 is 6.10 Å². The van der Waals surface area contributed by atoms with Crippen LogP contribution in [-0.4, -0.2) is 31.0 Å². The van der Waals surface area contributed by atoms with Crippen LogP contribution in [0.5, 0.6) is 0 Å². The van der Waals surface area contributed by atoms with E-state index in [0.717, 1.165) is 11.0 Å². The zero-order valence-corrected chi connectivity index (χ0v) is 12.6. The number of nitrogens with one attached hydrogen (secondary N) is 1. The molecular formula is C14H22BrNO2. The van der Waals surface area contributed by atoms with E-state index in [1.807, 2.05) is 18.2 Å². The summed E-state index contributed by atoms with van der Waals surface area (Å²) < 4.78 is 6.47. The largest absolute Gasteiger partial charge is 0.389 e. The van der Waals surface area contributed by atoms with Gasteiger partial charge in [-0.1, -0.05) is 48.0 Å². The summed E-state index contributed by atoms with van der Waals surface area (Å²) >= 11 is 3.49. The van der Waals surface area contributed by atoms with Crippen molar-refractivity contribution >= 4 is 15.9 Å². The van der Waals surface area contributed by atoms with Gasteiger partial charge in [-0.05, 0) is 17.5 Å². The van der Waals surface area contributed by atoms with Crippen molar-refractivity contribution in [1.82, 2.24) is 5.32 Å². The van der Waals surface area contributed by atoms with Gasteiger partial charge >= 0.3 is 0 Å². The standard InChI is InChI=1S/C14H22BrNO2/c1-11(2)9-18-10-13(17)8-16-7-12-5-3-4-6-14(12)15/h3-6,11,13,16-17H,7-10H2,1-2H3. The lowest BCUT2D eigenvalue weighted by molar-refractivity contribution is 0.0260. The third kappa shape index (κ3) is 6.50. The first-order valence-corrected chi connectivity index (χ1v) is 7.08. The fraction of sp³-hybridized carbons (Fsp3) is 0.571. The van der Waals surface area contributed by atoms with Gasteiger partial charge in [0.15, 0.2) is 0 Å². The quantitative estimate of drug-likeness (QED) is 0.774. The van der Waals surface area contributed by atoms with Gasteiger partial charge in [-0.15, -0.1) is 0 Å². The van der Waals surface area contributed by atoms with Gasteiger partial charge in [0.2, 0.25) is 0 Å². The summed E-state index contributed by atoms with van der Waals surface area (Å²) in [6.07, 6.45) is -0.453. The summed E-state index contributed by atoms with van der Waals surface area (Å²) in [5, 5.41) is 12.9. The van der Waals surface area contributed by atoms with Crippen LogP contribution in [0, 0.1) is 5.92 Å². The second-order valence-electron chi connectivity index (χ2n) is 4.81. The van der Waals surface area contributed by atoms with Gasteiger partial charge in [-0.3, -0.25) is 0 Å². The van der Waals surface area contributed by atoms with Crippen molar-refractivity contribution < 1.29 is 9.84 Å². The summed E-state index contributed by atoms with van der Waals surface area (Å²) in [6.45, 7) is 6.56. The highest BCUT2D eigenvalue weighted by atomic mass is 79.9. The fourth-order valence-electron chi connectivity index (χ4n) is 1.51. The average Bonchev–Trinajstić information content (AvgIpc) is 2.31. The highest BCUT2D eigenvalue weighted by Gasteiger charge is 2.05. The second-order valence-corrected chi connectivity index (χ2v) is 5.66. The van der Waals surface area contributed by atoms with Crippen molar-refractivity contribution in [3.8, 4) is 0 Å². The molecule has 18 heavy (non-hydrogen) atoms. The van der Waals surface area contributed by atoms with E-state index in [9.17, 15) is 5.11 Å². The van der Waals surface area contributed by atoms with Gasteiger partial charge in [-0.2, -0.15) is 0 Å². The Hall–Kier alpha value is -0.420. The number of hydrogen-bond donors (Lipinski definition) is 2. The van der Waals surface area contributed by atoms with Gasteiger partial charge in [0.1, 0.15) is 0 Å². The van der Waals surface area contributed by atoms with Gasteiger partial charge in [0.05, 0.1) is 12.7 Å². The number of rotatable bonds is 8. The van der Waals surface area contributed by atoms with Crippen LogP contribution in [0.4, 0.5) is 0 Å². The maximum atomic E-state index is 9.71. The van der Waals surface area contributed by atoms with E-state index in [-0.39, 0.29) is 0 Å². The van der Waals surface area contributed by atoms with E-state index in [4.69, 9.17) is 4.74 Å². The molecule has 4 heteroatoms. The molecule has 0 bridgehead atoms. The molecule has 0 aliphatic heterocycles. The van der Waals surface area contributed by atoms with Crippen LogP contribution in [-0.2, 0) is 11.3 Å². The molecule has 0 saturated heterocycles. The Bertz CT molecular complexity index is 344. The number of ether oxygens (including phenoxy) is 1. The summed E-state index contributed by atoms with van der Waals surface area (Å²) in [4.78, 5) is 0. The number of aliphatic hydroxyl groups is 1. The average molecular weight is 316 g/mol. The summed E-state index contributed by atoms with van der Waals surface area (Å²) in [5.41, 5.74) is 1.19. The Morgan fingerprint density at radius 1 is 1.28 bits per heavy atom. The van der Waals surface area contributed by atoms with Gasteiger partial charge in [0.25, 0.3) is 0 Å². The summed E-state index contributed by atoms with van der Waals surface area (Å²) in [6, 6.07) is 8.06. The lowest BCUT2D eigenvalue weighted by Gasteiger charge is -2.14. The first-order valence-electron chi connectivity index (χ1n) is 6.29. The molecule has 0 aromatic heterocycles. The van der Waals surface area contributed by atoms with Crippen LogP contribution in [0.1, 0.15) is 19.4 Å². The molecule has 0 heterocycles. The third-order valence-electron chi connectivity index (χ3n) is 2.41. The Kier molecular flexibility index (Phi) is 7.51. The summed E-state index contributed by atoms with van der Waals surface area (Å²) in [5.74, 6) is 0.505. The highest BCUT2D eigenvalue weighted by Crippen LogP contribution is 2.15. The Balaban J connectivity index is 2.15. The van der Waals surface area contributed by atoms with Crippen LogP contribution in [0.2, 0.25) is 0 Å². The minimum Gasteiger partial charge on any atom is -0.389 e. The van der Waals surface area contributed by atoms with Gasteiger partial charge < -0.3 is 15.2 Å². The zero-order chi connectivity index (χ0) is 13.4. The molecule has 0 fully saturated rings. The van der Waals surface area contributed by atoms with Crippen LogP contribution in [0.3, 0.4) is 0 Å². The lowest BCUT2D eigenvalue weighted by Crippen LogP contribution is -2.30. The number of halogens is 1. The first-order chi connectivity index (χ1) is 8.59. The fourth-order valence-corrected chi connectivity index (χ4v) is 1.94. The Morgan fingerprint density at radius 2 is 2.00 bits per heavy atom. The van der Waals surface area contributed by atoms with E-state index in [1.165, 1.54) is 5.56 Å². The molecule has 0 saturated carbocycles. The maximum absolute atomic E-state index is 9.71. The van der Waals surface area contributed by atoms with Crippen molar-refractivity contribution in [2.24, 2.45) is 5.92 Å². The highest BCUT2D eigenvalue weighted by molar-refractivity contribution is 9.10. The summed E-state index contributed by atoms with van der Waals surface area (Å²) in [7, 11) is 0. The smallest absolute Gasteiger partial charge is 0.0897 e. The Morgan fingerprint density at radius 3 is 2.67 bits per heavy atom. The van der Waals surface area contributed by atoms with Crippen molar-refractivity contribution in [2.45, 2.75) is 26.5 Å². The molecule has 1 rings (SSSR count). The molecule has 3 nitrogen and oxygen atoms in total. The molecule has 0 amide bonds. The first kappa shape index (κ1) is 15.6. The van der Waals surface area contributed by atoms with Crippen LogP contribution >= 0.6 is 15.9 Å². The van der Waals surface area contributed by atoms with E-state index in [0.29, 0.717) is 25.7 Å². The van der Waals surface area contributed by atoms with Crippen molar-refractivity contribution in [3.05, 3.63) is 34.3 Å². The van der Waals surface area contributed by atoms with E-state index in [2.05, 4.69) is 41.2 Å². The van der Waals surface area contributed by atoms with Crippen LogP contribution in [0.15, 0.2) is 28.7 Å². The molecule has 0 aliphatic rings. The van der Waals surface area contributed by atoms with Crippen LogP contribution in [0.25, 0.3) is 0 Å². The van der Waals surface area contributed by atoms with Crippen molar-refractivity contribution in [3.63, 3.8) is 0 Å². The monoisotopic (exact) mass is 315 g/mol. The van der Waals surface area contributed by atoms with Crippen molar-refractivity contribution in [2.75, 3.05) is 19.8 Å². The topological polar surface area (TPSA) is 41.5 Å². The predicted octanol–water partition coefficient (Wildman–Crippen LogP) is 2.57. The Labute approximate surface area is 118 Å². The molecule has 2 N–H and O–H groups in total. The molecule has 1 unspecified atom stereocenters. The van der Waals surface area contributed by atoms with Gasteiger partial charge in [0, 0.05) is 24.2 Å². The normalized spacial score (nSPS) is 12.9. The zero-order valence-electron chi connectivity index (χ0n) is 11.0. The van der Waals surface area contributed by atoms with E-state index in [1.54, 1.807) is 0 Å². The molecule has 1 aromatic rings. The predicted molar refractivity (Wildman–Crippen MR) is 77.5 cm³/mol. The minimum absolute atomic E-state index is 0.390. The molecule has 0 radical (unpaired) electrons. The molecule has 1 aromatic carbocycles. The second kappa shape index (κ2) is 8.64. The number of aliphatic hydroxyl groups excluding tert-OH is 1. The molecular weight excluding hydrogens is 294 g/mol. The lowest BCUT2D eigenvalue weighted by atomic mass is 10.2. The van der Waals surface area contributed by atoms with Crippen molar-refractivity contribution in [1.29, 1.82) is 0 Å². The van der Waals surface area contributed by atoms with E-state index >= 15 is 0 Å². The van der Waals surface area contributed by atoms with Crippen LogP contribution < -0.4 is 5.32 Å². The number of benzene rings is 1. The molecule has 102 valence electrons. The van der Waals surface area contributed by atoms with Gasteiger partial charge in [-0.25, -0.2) is 0 Å². The SMILES string of the molecule is CC(C)COCC(O)CNCc1ccccc1Br. The maximum Gasteiger partial charge on any atom is 0.0897 e.